The quantitative estimate of drug-likeness (QED) is 0.121. The van der Waals surface area contributed by atoms with Crippen molar-refractivity contribution in [3.8, 4) is 84.6 Å². The number of benzene rings is 16. The van der Waals surface area contributed by atoms with Crippen LogP contribution in [0.5, 0.6) is 0 Å². The summed E-state index contributed by atoms with van der Waals surface area (Å²) >= 11 is 0. The molecule has 0 spiro atoms. The van der Waals surface area contributed by atoms with Gasteiger partial charge in [0.25, 0.3) is 6.71 Å². The van der Waals surface area contributed by atoms with E-state index in [2.05, 4.69) is 295 Å². The average molecular weight is 1730 g/mol. The minimum atomic E-state index is -0.878. The summed E-state index contributed by atoms with van der Waals surface area (Å²) in [6.45, 7) is 38.5. The largest absolute Gasteiger partial charge is 0.310 e. The van der Waals surface area contributed by atoms with Gasteiger partial charge in [0.15, 0.2) is 17.5 Å². The van der Waals surface area contributed by atoms with E-state index in [0.717, 1.165) is 110 Å². The van der Waals surface area contributed by atoms with Crippen LogP contribution in [0.25, 0.3) is 150 Å². The van der Waals surface area contributed by atoms with E-state index in [1.165, 1.54) is 0 Å². The van der Waals surface area contributed by atoms with E-state index in [4.69, 9.17) is 17.7 Å². The molecule has 0 saturated carbocycles. The number of fused-ring (bicyclic) bond motifs is 13. The van der Waals surface area contributed by atoms with Gasteiger partial charge in [0, 0.05) is 99.8 Å². The molecular weight excluding hydrogens is 1600 g/mol. The Morgan fingerprint density at radius 2 is 0.530 bits per heavy atom. The highest BCUT2D eigenvalue weighted by molar-refractivity contribution is 7.00. The Kier molecular flexibility index (Phi) is 15.1. The third-order valence-corrected chi connectivity index (χ3v) is 26.8. The van der Waals surface area contributed by atoms with Gasteiger partial charge in [0.2, 0.25) is 0 Å². The van der Waals surface area contributed by atoms with Gasteiger partial charge >= 0.3 is 0 Å². The zero-order chi connectivity index (χ0) is 107. The lowest BCUT2D eigenvalue weighted by Crippen LogP contribution is -2.61. The van der Waals surface area contributed by atoms with E-state index in [0.29, 0.717) is 62.0 Å². The highest BCUT2D eigenvalue weighted by atomic mass is 15.2. The molecule has 22 rings (SSSR count). The van der Waals surface area contributed by atoms with Crippen LogP contribution in [0, 0.1) is 0 Å². The van der Waals surface area contributed by atoms with E-state index in [9.17, 15) is 21.9 Å². The van der Waals surface area contributed by atoms with Gasteiger partial charge in [-0.1, -0.05) is 349 Å². The number of aromatic nitrogens is 6. The van der Waals surface area contributed by atoms with Crippen LogP contribution in [-0.4, -0.2) is 35.4 Å². The van der Waals surface area contributed by atoms with E-state index >= 15 is 0 Å². The van der Waals surface area contributed by atoms with Gasteiger partial charge in [-0.15, -0.1) is 0 Å². The van der Waals surface area contributed by atoms with E-state index < -0.39 is 149 Å². The Bertz CT molecular complexity index is 8820. The Morgan fingerprint density at radius 3 is 0.871 bits per heavy atom. The zero-order valence-corrected chi connectivity index (χ0v) is 77.7. The van der Waals surface area contributed by atoms with Gasteiger partial charge in [0.05, 0.1) is 74.8 Å². The van der Waals surface area contributed by atoms with Crippen molar-refractivity contribution in [1.29, 1.82) is 0 Å². The van der Waals surface area contributed by atoms with Gasteiger partial charge in [-0.3, -0.25) is 0 Å². The molecule has 0 radical (unpaired) electrons. The van der Waals surface area contributed by atoms with Gasteiger partial charge in [-0.2, -0.15) is 0 Å². The van der Waals surface area contributed by atoms with Crippen LogP contribution < -0.4 is 26.2 Å². The van der Waals surface area contributed by atoms with Crippen molar-refractivity contribution in [1.82, 2.24) is 28.7 Å². The number of hydrogen-bond acceptors (Lipinski definition) is 5. The lowest BCUT2D eigenvalue weighted by atomic mass is 9.33. The van der Waals surface area contributed by atoms with E-state index in [-0.39, 0.29) is 60.5 Å². The number of nitrogens with zero attached hydrogens (tertiary/aromatic N) is 8. The third-order valence-electron chi connectivity index (χ3n) is 26.8. The molecule has 646 valence electrons. The molecule has 0 fully saturated rings. The molecule has 8 nitrogen and oxygen atoms in total. The molecule has 6 heterocycles. The summed E-state index contributed by atoms with van der Waals surface area (Å²) in [6, 6.07) is 71.2. The average Bonchev–Trinajstić information content (AvgIpc) is 1.23. The van der Waals surface area contributed by atoms with Crippen LogP contribution in [0.1, 0.15) is 183 Å². The topological polar surface area (TPSA) is 59.9 Å². The van der Waals surface area contributed by atoms with Crippen molar-refractivity contribution in [2.45, 2.75) is 157 Å². The summed E-state index contributed by atoms with van der Waals surface area (Å²) < 4.78 is 182. The molecule has 0 bridgehead atoms. The number of anilines is 6. The maximum Gasteiger partial charge on any atom is 0.252 e. The second-order valence-corrected chi connectivity index (χ2v) is 41.6. The van der Waals surface area contributed by atoms with Crippen LogP contribution >= 0.6 is 0 Å². The third kappa shape index (κ3) is 14.0. The Hall–Kier alpha value is -14.4. The number of para-hydroxylation sites is 2. The molecule has 132 heavy (non-hydrogen) atoms. The predicted molar refractivity (Wildman–Crippen MR) is 562 cm³/mol. The fourth-order valence-corrected chi connectivity index (χ4v) is 19.7. The van der Waals surface area contributed by atoms with Crippen molar-refractivity contribution in [2.75, 3.05) is 9.80 Å². The summed E-state index contributed by atoms with van der Waals surface area (Å²) in [7, 11) is 0. The first-order chi connectivity index (χ1) is 70.7. The highest BCUT2D eigenvalue weighted by Gasteiger charge is 2.47. The maximum absolute atomic E-state index is 10.6. The Balaban J connectivity index is 1.01. The second-order valence-electron chi connectivity index (χ2n) is 41.6. The first kappa shape index (κ1) is 65.2. The van der Waals surface area contributed by atoms with Gasteiger partial charge in [0.1, 0.15) is 0 Å². The van der Waals surface area contributed by atoms with E-state index in [1.54, 1.807) is 4.57 Å². The molecular formula is C123H111BN8. The normalized spacial score (nSPS) is 15.1. The van der Waals surface area contributed by atoms with Crippen molar-refractivity contribution in [2.24, 2.45) is 0 Å². The SMILES string of the molecule is [2H]c1c([2H])c([2H])c(-c2nc(-c3cc(C(C)(C)C)cc(-c4ccccc4)c3N3c4cc(-n5c6ccc(C(C)(C)C)cc6c6cc(C(C)(C)C)ccc65)ccc4B4c5ccc(-n6c7ccc(C(C)(C)C)cc7c7cc(C(C)(C)C)ccc76)cc5N(c5c(-c6ccccc6)cc(C(C)(C)C)cc5-c5ccccc5)c5cc(-n6c7c([2H])c([2H])c([2H])c([2H])c7c7c([2H])c([2H])c([2H])c([2H])c76)cc3c54)nc(-c3c([2H])c([2H])c([2H])c([2H])c3[2H])n2)c([2H])c1[2H]. The van der Waals surface area contributed by atoms with Crippen LogP contribution in [0.15, 0.2) is 345 Å². The van der Waals surface area contributed by atoms with Crippen LogP contribution in [0.4, 0.5) is 34.1 Å². The number of rotatable bonds is 11. The molecule has 0 N–H and O–H groups in total. The smallest absolute Gasteiger partial charge is 0.252 e. The maximum atomic E-state index is 10.6. The summed E-state index contributed by atoms with van der Waals surface area (Å²) in [4.78, 5) is 20.4. The van der Waals surface area contributed by atoms with Gasteiger partial charge < -0.3 is 23.5 Å². The molecule has 20 aromatic rings. The fraction of sp³-hybridized carbons (Fsp3) is 0.195. The lowest BCUT2D eigenvalue weighted by molar-refractivity contribution is 0.590. The molecule has 2 aliphatic rings. The molecule has 2 aliphatic heterocycles. The predicted octanol–water partition coefficient (Wildman–Crippen LogP) is 31.0. The Labute approximate surface area is 802 Å². The monoisotopic (exact) mass is 1730 g/mol. The summed E-state index contributed by atoms with van der Waals surface area (Å²) in [6.07, 6.45) is 0. The number of hydrogen-bond donors (Lipinski definition) is 0. The molecule has 0 unspecified atom stereocenters. The lowest BCUT2D eigenvalue weighted by Gasteiger charge is -2.46. The zero-order valence-electron chi connectivity index (χ0n) is 95.7. The molecule has 4 aromatic heterocycles. The van der Waals surface area contributed by atoms with Crippen LogP contribution in [0.3, 0.4) is 0 Å². The van der Waals surface area contributed by atoms with Crippen LogP contribution in [-0.2, 0) is 32.5 Å². The molecule has 0 atom stereocenters. The minimum absolute atomic E-state index is 0.153. The highest BCUT2D eigenvalue weighted by Crippen LogP contribution is 2.57. The van der Waals surface area contributed by atoms with Gasteiger partial charge in [-0.05, 0) is 220 Å². The first-order valence-corrected chi connectivity index (χ1v) is 45.4. The van der Waals surface area contributed by atoms with Gasteiger partial charge in [-0.25, -0.2) is 15.0 Å². The first-order valence-electron chi connectivity index (χ1n) is 54.4. The molecule has 9 heteroatoms. The van der Waals surface area contributed by atoms with Crippen molar-refractivity contribution in [3.63, 3.8) is 0 Å². The standard InChI is InChI=1S/C123H111BN8/c1-118(2,3)81-52-60-104-95(64-81)96-65-82(119(4,5)6)53-61-105(96)128(104)87-56-58-100-108(72-87)131(113-92(76-38-24-19-25-39-76)68-85(122(13,14)15)69-93(113)77-40-26-20-27-41-77)110-74-89(130-102-50-36-34-48-90(102)91-49-35-37-51-103(91)130)75-111-112(110)124(100)101-59-57-88(129-106-62-54-83(120(7,8)9)66-97(106)98-67-84(121(10,11)12)55-63-107(98)129)73-109(101)132(111)114-94(78-42-28-21-29-43-78)70-86(123(16,17)18)71-99(114)117-126-115(79-44-30-22-31-45-79)125-116(127-117)80-46-32-23-33-47-80/h19-75H,1-18H3/i22D,23D,30D,31D,32D,33D,34D,35D,36D,37D,44D,45D,46D,47D,48D,49D,50D,51D. The summed E-state index contributed by atoms with van der Waals surface area (Å²) in [5.74, 6) is -1.28. The Morgan fingerprint density at radius 1 is 0.235 bits per heavy atom. The molecule has 0 amide bonds. The van der Waals surface area contributed by atoms with E-state index in [1.807, 2.05) is 84.9 Å². The summed E-state index contributed by atoms with van der Waals surface area (Å²) in [5.41, 5.74) is 17.6. The fourth-order valence-electron chi connectivity index (χ4n) is 19.7. The summed E-state index contributed by atoms with van der Waals surface area (Å²) in [5, 5.41) is 3.76. The van der Waals surface area contributed by atoms with Crippen molar-refractivity contribution < 1.29 is 24.7 Å². The molecule has 0 saturated heterocycles. The molecule has 0 aliphatic carbocycles. The minimum Gasteiger partial charge on any atom is -0.310 e. The van der Waals surface area contributed by atoms with Crippen LogP contribution in [0.2, 0.25) is 0 Å². The second kappa shape index (κ2) is 30.6. The van der Waals surface area contributed by atoms with Crippen molar-refractivity contribution in [3.05, 3.63) is 379 Å². The van der Waals surface area contributed by atoms with Crippen molar-refractivity contribution >= 4 is 123 Å². The molecule has 16 aromatic carbocycles.